The standard InChI is InChI=1S/C45H29N3O2/c1-5-14-31(15-6-1)47(32-16-7-2-8-17-32)35-26-24-30(25-27-35)45-46-42-36-28-29-38(48(33-18-9-3-10-19-33)34-20-11-4-12-21-34)44-41(36)40-37(43(42)50-45)22-13-23-39(40)49-44/h1-29H. The molecule has 0 fully saturated rings. The summed E-state index contributed by atoms with van der Waals surface area (Å²) < 4.78 is 13.4. The fourth-order valence-corrected chi connectivity index (χ4v) is 7.21. The topological polar surface area (TPSA) is 45.7 Å². The van der Waals surface area contributed by atoms with E-state index in [2.05, 4.69) is 149 Å². The third kappa shape index (κ3) is 4.45. The Morgan fingerprint density at radius 1 is 0.380 bits per heavy atom. The van der Waals surface area contributed by atoms with Gasteiger partial charge in [-0.3, -0.25) is 0 Å². The maximum absolute atomic E-state index is 6.72. The molecule has 2 aromatic heterocycles. The van der Waals surface area contributed by atoms with Gasteiger partial charge in [0.15, 0.2) is 11.2 Å². The van der Waals surface area contributed by atoms with Crippen LogP contribution in [0.5, 0.6) is 0 Å². The van der Waals surface area contributed by atoms with Crippen LogP contribution in [-0.2, 0) is 0 Å². The molecule has 0 atom stereocenters. The predicted octanol–water partition coefficient (Wildman–Crippen LogP) is 12.9. The largest absolute Gasteiger partial charge is 0.454 e. The molecule has 10 rings (SSSR count). The number of benzene rings is 8. The zero-order valence-electron chi connectivity index (χ0n) is 26.9. The zero-order chi connectivity index (χ0) is 33.0. The first kappa shape index (κ1) is 28.2. The molecule has 0 radical (unpaired) electrons. The van der Waals surface area contributed by atoms with Crippen molar-refractivity contribution in [3.63, 3.8) is 0 Å². The molecule has 0 aliphatic rings. The van der Waals surface area contributed by atoms with Crippen LogP contribution < -0.4 is 9.80 Å². The SMILES string of the molecule is c1ccc(N(c2ccccc2)c2ccc(-c3nc4c5ccc(N(c6ccccc6)c6ccccc6)c6oc7cccc(c4o3)c7c65)cc2)cc1. The molecule has 5 heteroatoms. The summed E-state index contributed by atoms with van der Waals surface area (Å²) in [7, 11) is 0. The van der Waals surface area contributed by atoms with E-state index in [1.807, 2.05) is 36.4 Å². The molecular weight excluding hydrogens is 615 g/mol. The van der Waals surface area contributed by atoms with Gasteiger partial charge in [0.2, 0.25) is 5.89 Å². The number of furan rings is 1. The number of aromatic nitrogens is 1. The second-order valence-electron chi connectivity index (χ2n) is 12.4. The van der Waals surface area contributed by atoms with Crippen LogP contribution in [0.1, 0.15) is 0 Å². The average Bonchev–Trinajstić information content (AvgIpc) is 3.81. The van der Waals surface area contributed by atoms with Crippen LogP contribution in [-0.4, -0.2) is 4.98 Å². The van der Waals surface area contributed by atoms with E-state index in [1.165, 1.54) is 0 Å². The van der Waals surface area contributed by atoms with Gasteiger partial charge in [-0.15, -0.1) is 0 Å². The summed E-state index contributed by atoms with van der Waals surface area (Å²) in [6.07, 6.45) is 0. The maximum atomic E-state index is 6.72. The second-order valence-corrected chi connectivity index (χ2v) is 12.4. The Hall–Kier alpha value is -6.85. The van der Waals surface area contributed by atoms with Gasteiger partial charge in [-0.1, -0.05) is 84.9 Å². The molecule has 236 valence electrons. The Morgan fingerprint density at radius 2 is 0.920 bits per heavy atom. The lowest BCUT2D eigenvalue weighted by atomic mass is 9.99. The maximum Gasteiger partial charge on any atom is 0.227 e. The Kier molecular flexibility index (Phi) is 6.42. The van der Waals surface area contributed by atoms with Crippen molar-refractivity contribution < 1.29 is 8.83 Å². The van der Waals surface area contributed by atoms with Crippen LogP contribution in [0.3, 0.4) is 0 Å². The lowest BCUT2D eigenvalue weighted by molar-refractivity contribution is 0.623. The highest BCUT2D eigenvalue weighted by Gasteiger charge is 2.26. The monoisotopic (exact) mass is 643 g/mol. The van der Waals surface area contributed by atoms with Crippen LogP contribution in [0.15, 0.2) is 185 Å². The van der Waals surface area contributed by atoms with Gasteiger partial charge in [-0.25, -0.2) is 4.98 Å². The molecule has 10 aromatic rings. The third-order valence-corrected chi connectivity index (χ3v) is 9.42. The smallest absolute Gasteiger partial charge is 0.227 e. The highest BCUT2D eigenvalue weighted by atomic mass is 16.4. The third-order valence-electron chi connectivity index (χ3n) is 9.42. The molecule has 0 N–H and O–H groups in total. The first-order chi connectivity index (χ1) is 24.8. The van der Waals surface area contributed by atoms with Gasteiger partial charge in [0, 0.05) is 55.5 Å². The van der Waals surface area contributed by atoms with E-state index in [9.17, 15) is 0 Å². The van der Waals surface area contributed by atoms with Crippen molar-refractivity contribution in [3.05, 3.63) is 176 Å². The normalized spacial score (nSPS) is 11.6. The Bertz CT molecular complexity index is 2660. The molecular formula is C45H29N3O2. The van der Waals surface area contributed by atoms with Gasteiger partial charge in [0.25, 0.3) is 0 Å². The molecule has 0 amide bonds. The quantitative estimate of drug-likeness (QED) is 0.162. The summed E-state index contributed by atoms with van der Waals surface area (Å²) in [5.74, 6) is 0.582. The summed E-state index contributed by atoms with van der Waals surface area (Å²) >= 11 is 0. The molecule has 0 aliphatic carbocycles. The van der Waals surface area contributed by atoms with Crippen molar-refractivity contribution in [2.45, 2.75) is 0 Å². The van der Waals surface area contributed by atoms with Crippen LogP contribution in [0.2, 0.25) is 0 Å². The number of para-hydroxylation sites is 4. The first-order valence-electron chi connectivity index (χ1n) is 16.7. The van der Waals surface area contributed by atoms with Gasteiger partial charge >= 0.3 is 0 Å². The fraction of sp³-hybridized carbons (Fsp3) is 0. The number of hydrogen-bond donors (Lipinski definition) is 0. The minimum absolute atomic E-state index is 0.582. The molecule has 0 saturated carbocycles. The Morgan fingerprint density at radius 3 is 1.50 bits per heavy atom. The van der Waals surface area contributed by atoms with E-state index in [1.54, 1.807) is 0 Å². The van der Waals surface area contributed by atoms with E-state index in [0.29, 0.717) is 5.89 Å². The summed E-state index contributed by atoms with van der Waals surface area (Å²) in [4.78, 5) is 9.66. The molecule has 5 nitrogen and oxygen atoms in total. The highest BCUT2D eigenvalue weighted by molar-refractivity contribution is 6.33. The average molecular weight is 644 g/mol. The molecule has 0 spiro atoms. The van der Waals surface area contributed by atoms with Crippen LogP contribution in [0.4, 0.5) is 34.1 Å². The van der Waals surface area contributed by atoms with E-state index in [4.69, 9.17) is 13.8 Å². The summed E-state index contributed by atoms with van der Waals surface area (Å²) in [6.45, 7) is 0. The van der Waals surface area contributed by atoms with E-state index < -0.39 is 0 Å². The van der Waals surface area contributed by atoms with Gasteiger partial charge in [-0.05, 0) is 91.0 Å². The molecule has 0 bridgehead atoms. The fourth-order valence-electron chi connectivity index (χ4n) is 7.21. The van der Waals surface area contributed by atoms with Crippen LogP contribution in [0.25, 0.3) is 55.3 Å². The minimum atomic E-state index is 0.582. The van der Waals surface area contributed by atoms with E-state index >= 15 is 0 Å². The number of rotatable bonds is 7. The number of fused-ring (bicyclic) bond motifs is 3. The van der Waals surface area contributed by atoms with Crippen molar-refractivity contribution in [2.24, 2.45) is 0 Å². The van der Waals surface area contributed by atoms with Crippen molar-refractivity contribution in [2.75, 3.05) is 9.80 Å². The van der Waals surface area contributed by atoms with Gasteiger partial charge in [0.05, 0.1) is 5.69 Å². The molecule has 0 saturated heterocycles. The summed E-state index contributed by atoms with van der Waals surface area (Å²) in [5.41, 5.74) is 10.4. The number of anilines is 6. The van der Waals surface area contributed by atoms with Gasteiger partial charge in [-0.2, -0.15) is 0 Å². The summed E-state index contributed by atoms with van der Waals surface area (Å²) in [6, 6.07) is 60.5. The zero-order valence-corrected chi connectivity index (χ0v) is 26.9. The lowest BCUT2D eigenvalue weighted by Gasteiger charge is -2.25. The molecule has 8 aromatic carbocycles. The minimum Gasteiger partial charge on any atom is -0.454 e. The predicted molar refractivity (Wildman–Crippen MR) is 205 cm³/mol. The van der Waals surface area contributed by atoms with Crippen molar-refractivity contribution in [1.29, 1.82) is 0 Å². The lowest BCUT2D eigenvalue weighted by Crippen LogP contribution is -2.09. The first-order valence-corrected chi connectivity index (χ1v) is 16.7. The van der Waals surface area contributed by atoms with Crippen molar-refractivity contribution in [1.82, 2.24) is 4.98 Å². The number of nitrogens with zero attached hydrogens (tertiary/aromatic N) is 3. The Balaban J connectivity index is 1.13. The van der Waals surface area contributed by atoms with Gasteiger partial charge in [0.1, 0.15) is 11.1 Å². The van der Waals surface area contributed by atoms with Crippen molar-refractivity contribution in [3.8, 4) is 11.5 Å². The van der Waals surface area contributed by atoms with Crippen LogP contribution >= 0.6 is 0 Å². The van der Waals surface area contributed by atoms with Crippen LogP contribution in [0, 0.1) is 0 Å². The Labute approximate surface area is 288 Å². The van der Waals surface area contributed by atoms with Crippen molar-refractivity contribution >= 4 is 77.9 Å². The highest BCUT2D eigenvalue weighted by Crippen LogP contribution is 2.48. The summed E-state index contributed by atoms with van der Waals surface area (Å²) in [5, 5.41) is 4.09. The van der Waals surface area contributed by atoms with E-state index in [-0.39, 0.29) is 0 Å². The number of oxazole rings is 1. The molecule has 0 aliphatic heterocycles. The second kappa shape index (κ2) is 11.4. The molecule has 0 unspecified atom stereocenters. The van der Waals surface area contributed by atoms with Gasteiger partial charge < -0.3 is 18.6 Å². The molecule has 2 heterocycles. The number of hydrogen-bond acceptors (Lipinski definition) is 5. The molecule has 50 heavy (non-hydrogen) atoms. The van der Waals surface area contributed by atoms with E-state index in [0.717, 1.165) is 83.5 Å².